The lowest BCUT2D eigenvalue weighted by Crippen LogP contribution is -2.53. The number of nitrogens with zero attached hydrogens (tertiary/aromatic N) is 2. The smallest absolute Gasteiger partial charge is 0.139 e. The van der Waals surface area contributed by atoms with Crippen molar-refractivity contribution in [2.24, 2.45) is 11.8 Å². The number of H-pyrrole nitrogens is 1. The van der Waals surface area contributed by atoms with Gasteiger partial charge < -0.3 is 15.0 Å². The summed E-state index contributed by atoms with van der Waals surface area (Å²) in [7, 11) is 2.10. The topological polar surface area (TPSA) is 52.1 Å². The van der Waals surface area contributed by atoms with Gasteiger partial charge in [-0.1, -0.05) is 37.6 Å². The molecule has 1 fully saturated rings. The SMILES string of the molecule is CC1CN(C)CC(C)C1(O)c1ccc(-c2ccnc3[nH]cc(Br)c23)cc1Cl. The van der Waals surface area contributed by atoms with Gasteiger partial charge in [-0.2, -0.15) is 0 Å². The molecule has 3 heterocycles. The van der Waals surface area contributed by atoms with Gasteiger partial charge in [0, 0.05) is 57.8 Å². The van der Waals surface area contributed by atoms with Crippen LogP contribution in [0.3, 0.4) is 0 Å². The first-order valence-electron chi connectivity index (χ1n) is 9.15. The van der Waals surface area contributed by atoms with Gasteiger partial charge in [-0.25, -0.2) is 4.98 Å². The Balaban J connectivity index is 1.80. The molecule has 0 amide bonds. The van der Waals surface area contributed by atoms with Gasteiger partial charge >= 0.3 is 0 Å². The van der Waals surface area contributed by atoms with Crippen molar-refractivity contribution < 1.29 is 5.11 Å². The Morgan fingerprint density at radius 1 is 1.26 bits per heavy atom. The molecule has 4 rings (SSSR count). The maximum Gasteiger partial charge on any atom is 0.139 e. The number of pyridine rings is 1. The highest BCUT2D eigenvalue weighted by molar-refractivity contribution is 9.10. The van der Waals surface area contributed by atoms with Crippen molar-refractivity contribution in [1.29, 1.82) is 0 Å². The van der Waals surface area contributed by atoms with Gasteiger partial charge in [-0.05, 0) is 46.2 Å². The molecule has 0 bridgehead atoms. The van der Waals surface area contributed by atoms with E-state index in [0.29, 0.717) is 5.02 Å². The molecule has 1 aromatic carbocycles. The highest BCUT2D eigenvalue weighted by atomic mass is 79.9. The Labute approximate surface area is 172 Å². The molecule has 0 aliphatic carbocycles. The van der Waals surface area contributed by atoms with Gasteiger partial charge in [-0.15, -0.1) is 0 Å². The molecule has 2 N–H and O–H groups in total. The Bertz CT molecular complexity index is 990. The number of likely N-dealkylation sites (tertiary alicyclic amines) is 1. The van der Waals surface area contributed by atoms with Crippen LogP contribution in [0.2, 0.25) is 5.02 Å². The number of piperidine rings is 1. The second kappa shape index (κ2) is 6.89. The quantitative estimate of drug-likeness (QED) is 0.577. The van der Waals surface area contributed by atoms with Crippen molar-refractivity contribution in [3.05, 3.63) is 51.7 Å². The number of rotatable bonds is 2. The molecule has 2 aromatic heterocycles. The van der Waals surface area contributed by atoms with E-state index in [4.69, 9.17) is 11.6 Å². The Hall–Kier alpha value is -1.40. The van der Waals surface area contributed by atoms with E-state index in [9.17, 15) is 5.11 Å². The minimum absolute atomic E-state index is 0.0982. The summed E-state index contributed by atoms with van der Waals surface area (Å²) in [6.07, 6.45) is 3.68. The number of hydrogen-bond acceptors (Lipinski definition) is 3. The normalized spacial score (nSPS) is 26.6. The third-order valence-electron chi connectivity index (χ3n) is 5.91. The molecular weight excluding hydrogens is 426 g/mol. The number of aromatic amines is 1. The summed E-state index contributed by atoms with van der Waals surface area (Å²) < 4.78 is 0.969. The monoisotopic (exact) mass is 447 g/mol. The summed E-state index contributed by atoms with van der Waals surface area (Å²) in [5.41, 5.74) is 2.78. The summed E-state index contributed by atoms with van der Waals surface area (Å²) in [5.74, 6) is 0.196. The fraction of sp³-hybridized carbons (Fsp3) is 0.381. The molecule has 142 valence electrons. The van der Waals surface area contributed by atoms with Gasteiger partial charge in [0.2, 0.25) is 0 Å². The van der Waals surface area contributed by atoms with Crippen molar-refractivity contribution in [1.82, 2.24) is 14.9 Å². The summed E-state index contributed by atoms with van der Waals surface area (Å²) >= 11 is 10.3. The highest BCUT2D eigenvalue weighted by Crippen LogP contribution is 2.45. The molecule has 0 spiro atoms. The predicted molar refractivity (Wildman–Crippen MR) is 114 cm³/mol. The summed E-state index contributed by atoms with van der Waals surface area (Å²) in [5, 5.41) is 13.2. The molecule has 3 aromatic rings. The van der Waals surface area contributed by atoms with Crippen LogP contribution in [0.1, 0.15) is 19.4 Å². The van der Waals surface area contributed by atoms with Crippen LogP contribution in [-0.2, 0) is 5.60 Å². The highest BCUT2D eigenvalue weighted by Gasteiger charge is 2.46. The number of aromatic nitrogens is 2. The lowest BCUT2D eigenvalue weighted by molar-refractivity contribution is -0.107. The lowest BCUT2D eigenvalue weighted by atomic mass is 9.70. The number of aliphatic hydroxyl groups is 1. The van der Waals surface area contributed by atoms with Crippen molar-refractivity contribution >= 4 is 38.6 Å². The lowest BCUT2D eigenvalue weighted by Gasteiger charge is -2.47. The van der Waals surface area contributed by atoms with Gasteiger partial charge in [-0.3, -0.25) is 0 Å². The average Bonchev–Trinajstić information content (AvgIpc) is 3.01. The minimum Gasteiger partial charge on any atom is -0.384 e. The number of fused-ring (bicyclic) bond motifs is 1. The molecule has 27 heavy (non-hydrogen) atoms. The second-order valence-electron chi connectivity index (χ2n) is 7.76. The molecule has 0 radical (unpaired) electrons. The molecule has 1 saturated heterocycles. The average molecular weight is 449 g/mol. The minimum atomic E-state index is -0.926. The van der Waals surface area contributed by atoms with E-state index in [2.05, 4.69) is 51.7 Å². The van der Waals surface area contributed by atoms with Crippen LogP contribution in [0, 0.1) is 11.8 Å². The van der Waals surface area contributed by atoms with Gasteiger partial charge in [0.15, 0.2) is 0 Å². The van der Waals surface area contributed by atoms with E-state index in [1.54, 1.807) is 6.20 Å². The van der Waals surface area contributed by atoms with E-state index in [-0.39, 0.29) is 11.8 Å². The summed E-state index contributed by atoms with van der Waals surface area (Å²) in [6, 6.07) is 7.98. The molecule has 1 aliphatic heterocycles. The third-order valence-corrected chi connectivity index (χ3v) is 6.85. The fourth-order valence-corrected chi connectivity index (χ4v) is 5.42. The van der Waals surface area contributed by atoms with Gasteiger partial charge in [0.05, 0.1) is 5.60 Å². The number of benzene rings is 1. The van der Waals surface area contributed by atoms with Crippen LogP contribution in [0.15, 0.2) is 41.1 Å². The van der Waals surface area contributed by atoms with Crippen LogP contribution in [-0.4, -0.2) is 40.1 Å². The fourth-order valence-electron chi connectivity index (χ4n) is 4.57. The summed E-state index contributed by atoms with van der Waals surface area (Å²) in [6.45, 7) is 5.89. The molecule has 0 saturated carbocycles. The zero-order chi connectivity index (χ0) is 19.3. The molecule has 2 unspecified atom stereocenters. The molecule has 6 heteroatoms. The van der Waals surface area contributed by atoms with E-state index >= 15 is 0 Å². The van der Waals surface area contributed by atoms with E-state index in [1.807, 2.05) is 30.5 Å². The van der Waals surface area contributed by atoms with Crippen LogP contribution in [0.4, 0.5) is 0 Å². The number of halogens is 2. The molecule has 2 atom stereocenters. The van der Waals surface area contributed by atoms with Crippen LogP contribution in [0.5, 0.6) is 0 Å². The standard InChI is InChI=1S/C21H23BrClN3O/c1-12-10-26(3)11-13(2)21(12,27)16-5-4-14(8-18(16)23)15-6-7-24-20-19(15)17(22)9-25-20/h4-9,12-13,27H,10-11H2,1-3H3,(H,24,25). The Morgan fingerprint density at radius 2 is 1.96 bits per heavy atom. The van der Waals surface area contributed by atoms with Crippen LogP contribution in [0.25, 0.3) is 22.2 Å². The van der Waals surface area contributed by atoms with Gasteiger partial charge in [0.25, 0.3) is 0 Å². The second-order valence-corrected chi connectivity index (χ2v) is 9.02. The first-order chi connectivity index (χ1) is 12.8. The number of nitrogens with one attached hydrogen (secondary N) is 1. The van der Waals surface area contributed by atoms with E-state index in [0.717, 1.165) is 45.3 Å². The van der Waals surface area contributed by atoms with E-state index < -0.39 is 5.60 Å². The van der Waals surface area contributed by atoms with Crippen molar-refractivity contribution in [3.63, 3.8) is 0 Å². The predicted octanol–water partition coefficient (Wildman–Crippen LogP) is 5.05. The number of hydrogen-bond donors (Lipinski definition) is 2. The first kappa shape index (κ1) is 18.9. The Kier molecular flexibility index (Phi) is 4.83. The molecule has 1 aliphatic rings. The molecule has 4 nitrogen and oxygen atoms in total. The zero-order valence-corrected chi connectivity index (χ0v) is 18.0. The first-order valence-corrected chi connectivity index (χ1v) is 10.3. The Morgan fingerprint density at radius 3 is 2.63 bits per heavy atom. The van der Waals surface area contributed by atoms with Crippen molar-refractivity contribution in [2.75, 3.05) is 20.1 Å². The summed E-state index contributed by atoms with van der Waals surface area (Å²) in [4.78, 5) is 9.81. The van der Waals surface area contributed by atoms with Gasteiger partial charge in [0.1, 0.15) is 5.65 Å². The largest absolute Gasteiger partial charge is 0.384 e. The maximum atomic E-state index is 11.6. The molecular formula is C21H23BrClN3O. The van der Waals surface area contributed by atoms with Crippen molar-refractivity contribution in [3.8, 4) is 11.1 Å². The van der Waals surface area contributed by atoms with Crippen LogP contribution >= 0.6 is 27.5 Å². The zero-order valence-electron chi connectivity index (χ0n) is 15.6. The third kappa shape index (κ3) is 3.01. The maximum absolute atomic E-state index is 11.6. The van der Waals surface area contributed by atoms with Crippen molar-refractivity contribution in [2.45, 2.75) is 19.4 Å². The van der Waals surface area contributed by atoms with Crippen LogP contribution < -0.4 is 0 Å². The van der Waals surface area contributed by atoms with E-state index in [1.165, 1.54) is 0 Å².